The molecule has 148 valence electrons. The van der Waals surface area contributed by atoms with Crippen LogP contribution in [0.3, 0.4) is 0 Å². The molecule has 0 spiro atoms. The molecule has 0 atom stereocenters. The summed E-state index contributed by atoms with van der Waals surface area (Å²) in [5.74, 6) is -0.720. The Bertz CT molecular complexity index is 1180. The van der Waals surface area contributed by atoms with Gasteiger partial charge in [-0.2, -0.15) is 9.78 Å². The van der Waals surface area contributed by atoms with Crippen molar-refractivity contribution in [3.63, 3.8) is 0 Å². The summed E-state index contributed by atoms with van der Waals surface area (Å²) in [6.07, 6.45) is 1.05. The zero-order chi connectivity index (χ0) is 21.0. The Morgan fingerprint density at radius 1 is 1.10 bits per heavy atom. The van der Waals surface area contributed by atoms with E-state index in [9.17, 15) is 19.2 Å². The molecule has 1 heterocycles. The molecule has 0 saturated heterocycles. The minimum atomic E-state index is -0.630. The summed E-state index contributed by atoms with van der Waals surface area (Å²) in [5.41, 5.74) is 0.735. The maximum atomic E-state index is 12.9. The Kier molecular flexibility index (Phi) is 5.68. The van der Waals surface area contributed by atoms with Gasteiger partial charge in [0.25, 0.3) is 5.56 Å². The zero-order valence-electron chi connectivity index (χ0n) is 15.8. The average molecular weight is 394 g/mol. The van der Waals surface area contributed by atoms with Crippen LogP contribution in [0.1, 0.15) is 22.8 Å². The summed E-state index contributed by atoms with van der Waals surface area (Å²) in [5, 5.41) is 6.55. The third-order valence-corrected chi connectivity index (χ3v) is 4.09. The summed E-state index contributed by atoms with van der Waals surface area (Å²) in [4.78, 5) is 47.8. The lowest BCUT2D eigenvalue weighted by atomic mass is 10.1. The molecule has 1 amide bonds. The van der Waals surface area contributed by atoms with E-state index in [2.05, 4.69) is 15.2 Å². The van der Waals surface area contributed by atoms with Crippen LogP contribution in [-0.2, 0) is 16.1 Å². The predicted octanol–water partition coefficient (Wildman–Crippen LogP) is 1.19. The first-order valence-electron chi connectivity index (χ1n) is 8.63. The lowest BCUT2D eigenvalue weighted by Gasteiger charge is -2.10. The highest BCUT2D eigenvalue weighted by atomic mass is 16.5. The monoisotopic (exact) mass is 394 g/mol. The van der Waals surface area contributed by atoms with E-state index >= 15 is 0 Å². The van der Waals surface area contributed by atoms with Crippen LogP contribution in [0.15, 0.2) is 64.3 Å². The van der Waals surface area contributed by atoms with Crippen molar-refractivity contribution in [3.8, 4) is 5.69 Å². The van der Waals surface area contributed by atoms with Crippen molar-refractivity contribution in [2.24, 2.45) is 0 Å². The fourth-order valence-corrected chi connectivity index (χ4v) is 2.72. The molecular formula is C20H18N4O5. The predicted molar refractivity (Wildman–Crippen MR) is 105 cm³/mol. The highest BCUT2D eigenvalue weighted by Crippen LogP contribution is 2.12. The molecule has 0 unspecified atom stereocenters. The number of carbonyl (C=O) groups is 2. The summed E-state index contributed by atoms with van der Waals surface area (Å²) in [7, 11) is 1.29. The first-order valence-corrected chi connectivity index (χ1v) is 8.63. The van der Waals surface area contributed by atoms with Crippen molar-refractivity contribution in [2.75, 3.05) is 12.4 Å². The third-order valence-electron chi connectivity index (χ3n) is 4.09. The molecule has 0 radical (unpaired) electrons. The number of amides is 1. The molecule has 1 aromatic heterocycles. The molecule has 0 aliphatic heterocycles. The van der Waals surface area contributed by atoms with Crippen molar-refractivity contribution >= 4 is 17.6 Å². The van der Waals surface area contributed by atoms with Crippen molar-refractivity contribution in [3.05, 3.63) is 86.7 Å². The van der Waals surface area contributed by atoms with Crippen LogP contribution in [0.25, 0.3) is 5.69 Å². The van der Waals surface area contributed by atoms with Gasteiger partial charge in [0.15, 0.2) is 0 Å². The molecule has 9 heteroatoms. The first-order chi connectivity index (χ1) is 13.9. The fourth-order valence-electron chi connectivity index (χ4n) is 2.72. The molecule has 0 bridgehead atoms. The molecule has 29 heavy (non-hydrogen) atoms. The second kappa shape index (κ2) is 8.34. The number of carbonyl (C=O) groups excluding carboxylic acids is 2. The summed E-state index contributed by atoms with van der Waals surface area (Å²) < 4.78 is 6.76. The molecule has 0 aliphatic rings. The van der Waals surface area contributed by atoms with E-state index in [1.54, 1.807) is 48.5 Å². The molecule has 1 N–H and O–H groups in total. The van der Waals surface area contributed by atoms with Gasteiger partial charge in [-0.1, -0.05) is 18.2 Å². The van der Waals surface area contributed by atoms with Gasteiger partial charge in [-0.05, 0) is 35.9 Å². The first kappa shape index (κ1) is 19.7. The topological polar surface area (TPSA) is 112 Å². The third kappa shape index (κ3) is 4.46. The summed E-state index contributed by atoms with van der Waals surface area (Å²) in [6.45, 7) is 1.38. The number of hydrogen-bond acceptors (Lipinski definition) is 6. The largest absolute Gasteiger partial charge is 0.465 e. The minimum absolute atomic E-state index is 0.00697. The van der Waals surface area contributed by atoms with E-state index < -0.39 is 17.2 Å². The Hall–Kier alpha value is -4.01. The Morgan fingerprint density at radius 2 is 1.83 bits per heavy atom. The fraction of sp³-hybridized carbons (Fsp3) is 0.150. The van der Waals surface area contributed by atoms with Gasteiger partial charge in [-0.25, -0.2) is 9.59 Å². The number of ether oxygens (including phenoxy) is 1. The van der Waals surface area contributed by atoms with Gasteiger partial charge in [-0.3, -0.25) is 14.2 Å². The highest BCUT2D eigenvalue weighted by molar-refractivity contribution is 5.89. The number of anilines is 1. The second-order valence-corrected chi connectivity index (χ2v) is 6.18. The van der Waals surface area contributed by atoms with Crippen LogP contribution in [0.2, 0.25) is 0 Å². The van der Waals surface area contributed by atoms with Gasteiger partial charge >= 0.3 is 11.7 Å². The minimum Gasteiger partial charge on any atom is -0.465 e. The van der Waals surface area contributed by atoms with Crippen molar-refractivity contribution in [1.82, 2.24) is 14.3 Å². The van der Waals surface area contributed by atoms with E-state index in [1.165, 1.54) is 14.0 Å². The van der Waals surface area contributed by atoms with Crippen LogP contribution in [0.5, 0.6) is 0 Å². The van der Waals surface area contributed by atoms with E-state index in [-0.39, 0.29) is 12.5 Å². The molecule has 3 rings (SSSR count). The number of nitrogens with zero attached hydrogens (tertiary/aromatic N) is 3. The Labute approximate surface area is 165 Å². The van der Waals surface area contributed by atoms with Gasteiger partial charge in [0.2, 0.25) is 5.91 Å². The van der Waals surface area contributed by atoms with Gasteiger partial charge in [0.1, 0.15) is 6.20 Å². The molecule has 0 aliphatic carbocycles. The van der Waals surface area contributed by atoms with Gasteiger partial charge in [0, 0.05) is 12.6 Å². The van der Waals surface area contributed by atoms with E-state index in [0.717, 1.165) is 15.4 Å². The maximum absolute atomic E-state index is 12.9. The van der Waals surface area contributed by atoms with Crippen LogP contribution in [0, 0.1) is 0 Å². The number of aromatic nitrogens is 3. The van der Waals surface area contributed by atoms with E-state index in [1.807, 2.05) is 0 Å². The van der Waals surface area contributed by atoms with Crippen molar-refractivity contribution in [1.29, 1.82) is 0 Å². The lowest BCUT2D eigenvalue weighted by Crippen LogP contribution is -2.40. The smallest absolute Gasteiger partial charge is 0.352 e. The number of rotatable bonds is 5. The Balaban J connectivity index is 1.96. The van der Waals surface area contributed by atoms with Crippen LogP contribution in [0.4, 0.5) is 5.69 Å². The lowest BCUT2D eigenvalue weighted by molar-refractivity contribution is -0.114. The van der Waals surface area contributed by atoms with Crippen LogP contribution in [-0.4, -0.2) is 33.3 Å². The molecular weight excluding hydrogens is 376 g/mol. The number of methoxy groups -OCH3 is 1. The number of esters is 1. The zero-order valence-corrected chi connectivity index (χ0v) is 15.8. The van der Waals surface area contributed by atoms with Crippen LogP contribution >= 0.6 is 0 Å². The van der Waals surface area contributed by atoms with E-state index in [0.29, 0.717) is 22.5 Å². The van der Waals surface area contributed by atoms with Crippen molar-refractivity contribution in [2.45, 2.75) is 13.5 Å². The van der Waals surface area contributed by atoms with Gasteiger partial charge in [0.05, 0.1) is 24.9 Å². The average Bonchev–Trinajstić information content (AvgIpc) is 2.70. The second-order valence-electron chi connectivity index (χ2n) is 6.18. The Morgan fingerprint density at radius 3 is 2.48 bits per heavy atom. The number of hydrogen-bond donors (Lipinski definition) is 1. The quantitative estimate of drug-likeness (QED) is 0.651. The summed E-state index contributed by atoms with van der Waals surface area (Å²) >= 11 is 0. The number of nitrogens with one attached hydrogen (secondary N) is 1. The molecule has 0 saturated carbocycles. The van der Waals surface area contributed by atoms with Gasteiger partial charge < -0.3 is 10.1 Å². The molecule has 9 nitrogen and oxygen atoms in total. The number of benzene rings is 2. The maximum Gasteiger partial charge on any atom is 0.352 e. The van der Waals surface area contributed by atoms with Crippen LogP contribution < -0.4 is 16.6 Å². The van der Waals surface area contributed by atoms with Gasteiger partial charge in [-0.15, -0.1) is 0 Å². The van der Waals surface area contributed by atoms with Crippen molar-refractivity contribution < 1.29 is 14.3 Å². The summed E-state index contributed by atoms with van der Waals surface area (Å²) in [6, 6.07) is 13.0. The van der Waals surface area contributed by atoms with E-state index in [4.69, 9.17) is 0 Å². The molecule has 3 aromatic rings. The SMILES string of the molecule is COC(=O)c1ccc(Cn2c(=O)cnn(-c3cccc(NC(C)=O)c3)c2=O)cc1. The molecule has 2 aromatic carbocycles. The highest BCUT2D eigenvalue weighted by Gasteiger charge is 2.11. The standard InChI is InChI=1S/C20H18N4O5/c1-13(25)22-16-4-3-5-17(10-16)24-20(28)23(18(26)11-21-24)12-14-6-8-15(9-7-14)19(27)29-2/h3-11H,12H2,1-2H3,(H,22,25). The normalized spacial score (nSPS) is 10.4. The molecule has 0 fully saturated rings.